The molecule has 0 saturated carbocycles. The summed E-state index contributed by atoms with van der Waals surface area (Å²) in [6.07, 6.45) is 1.51. The highest BCUT2D eigenvalue weighted by Crippen LogP contribution is 2.17. The number of aromatic nitrogens is 5. The highest BCUT2D eigenvalue weighted by molar-refractivity contribution is 5.85. The van der Waals surface area contributed by atoms with Crippen molar-refractivity contribution in [2.24, 2.45) is 0 Å². The average Bonchev–Trinajstić information content (AvgIpc) is 2.90. The van der Waals surface area contributed by atoms with Crippen LogP contribution in [0.4, 0.5) is 0 Å². The molecule has 0 saturated heterocycles. The van der Waals surface area contributed by atoms with Gasteiger partial charge < -0.3 is 4.98 Å². The predicted octanol–water partition coefficient (Wildman–Crippen LogP) is 1.05. The number of benzene rings is 1. The number of hydrogen-bond donors (Lipinski definition) is 2. The van der Waals surface area contributed by atoms with Crippen molar-refractivity contribution >= 4 is 28.0 Å². The first-order chi connectivity index (χ1) is 8.34. The molecule has 3 aromatic heterocycles. The summed E-state index contributed by atoms with van der Waals surface area (Å²) in [5.74, 6) is 0.510. The molecule has 17 heavy (non-hydrogen) atoms. The smallest absolute Gasteiger partial charge is 0.278 e. The summed E-state index contributed by atoms with van der Waals surface area (Å²) >= 11 is 0. The number of hydrogen-bond acceptors (Lipinski definition) is 3. The van der Waals surface area contributed by atoms with E-state index in [1.54, 1.807) is 0 Å². The zero-order chi connectivity index (χ0) is 11.4. The second kappa shape index (κ2) is 2.73. The van der Waals surface area contributed by atoms with Crippen LogP contribution in [0.15, 0.2) is 35.4 Å². The molecule has 0 fully saturated rings. The van der Waals surface area contributed by atoms with Gasteiger partial charge in [0.1, 0.15) is 5.52 Å². The van der Waals surface area contributed by atoms with Crippen molar-refractivity contribution in [1.29, 1.82) is 0 Å². The van der Waals surface area contributed by atoms with E-state index in [9.17, 15) is 4.79 Å². The molecule has 1 aromatic carbocycles. The van der Waals surface area contributed by atoms with Gasteiger partial charge in [0.2, 0.25) is 5.78 Å². The maximum atomic E-state index is 11.8. The fourth-order valence-electron chi connectivity index (χ4n) is 2.11. The number of nitrogens with one attached hydrogen (secondary N) is 2. The largest absolute Gasteiger partial charge is 0.339 e. The van der Waals surface area contributed by atoms with Crippen LogP contribution in [0.5, 0.6) is 0 Å². The minimum absolute atomic E-state index is 0.208. The summed E-state index contributed by atoms with van der Waals surface area (Å²) in [6.45, 7) is 0. The molecular formula is C11H7N5O. The zero-order valence-electron chi connectivity index (χ0n) is 8.64. The van der Waals surface area contributed by atoms with Gasteiger partial charge in [-0.1, -0.05) is 12.1 Å². The van der Waals surface area contributed by atoms with Crippen LogP contribution in [0, 0.1) is 0 Å². The number of fused-ring (bicyclic) bond motifs is 5. The van der Waals surface area contributed by atoms with E-state index < -0.39 is 0 Å². The van der Waals surface area contributed by atoms with E-state index in [1.165, 1.54) is 6.33 Å². The van der Waals surface area contributed by atoms with Gasteiger partial charge >= 0.3 is 0 Å². The van der Waals surface area contributed by atoms with Crippen LogP contribution in [0.1, 0.15) is 0 Å². The number of imidazole rings is 2. The lowest BCUT2D eigenvalue weighted by molar-refractivity contribution is 1.14. The quantitative estimate of drug-likeness (QED) is 0.469. The van der Waals surface area contributed by atoms with Crippen LogP contribution in [-0.4, -0.2) is 24.3 Å². The summed E-state index contributed by atoms with van der Waals surface area (Å²) in [6, 6.07) is 7.69. The van der Waals surface area contributed by atoms with E-state index in [1.807, 2.05) is 28.7 Å². The maximum Gasteiger partial charge on any atom is 0.278 e. The van der Waals surface area contributed by atoms with Crippen molar-refractivity contribution in [2.45, 2.75) is 0 Å². The van der Waals surface area contributed by atoms with Crippen LogP contribution in [0.2, 0.25) is 0 Å². The Balaban J connectivity index is 2.46. The highest BCUT2D eigenvalue weighted by Gasteiger charge is 2.11. The summed E-state index contributed by atoms with van der Waals surface area (Å²) in [5.41, 5.74) is 2.60. The SMILES string of the molecule is O=c1[nH]c2nc3ccccc3n2c2nc[nH]c12. The fourth-order valence-corrected chi connectivity index (χ4v) is 2.11. The van der Waals surface area contributed by atoms with Crippen molar-refractivity contribution in [1.82, 2.24) is 24.3 Å². The minimum Gasteiger partial charge on any atom is -0.339 e. The molecule has 6 heteroatoms. The Morgan fingerprint density at radius 3 is 3.06 bits per heavy atom. The molecule has 2 N–H and O–H groups in total. The molecule has 0 unspecified atom stereocenters. The zero-order valence-corrected chi connectivity index (χ0v) is 8.64. The molecule has 6 nitrogen and oxygen atoms in total. The minimum atomic E-state index is -0.208. The van der Waals surface area contributed by atoms with Gasteiger partial charge in [0.05, 0.1) is 17.4 Å². The van der Waals surface area contributed by atoms with Crippen LogP contribution in [-0.2, 0) is 0 Å². The number of nitrogens with zero attached hydrogens (tertiary/aromatic N) is 3. The summed E-state index contributed by atoms with van der Waals surface area (Å²) in [5, 5.41) is 0. The van der Waals surface area contributed by atoms with Crippen LogP contribution in [0.3, 0.4) is 0 Å². The Morgan fingerprint density at radius 2 is 2.12 bits per heavy atom. The maximum absolute atomic E-state index is 11.8. The molecule has 82 valence electrons. The van der Waals surface area contributed by atoms with E-state index in [0.29, 0.717) is 16.9 Å². The van der Waals surface area contributed by atoms with Crippen molar-refractivity contribution in [2.75, 3.05) is 0 Å². The number of rotatable bonds is 0. The van der Waals surface area contributed by atoms with Gasteiger partial charge in [0, 0.05) is 0 Å². The second-order valence-corrected chi connectivity index (χ2v) is 3.81. The van der Waals surface area contributed by atoms with Crippen molar-refractivity contribution in [3.05, 3.63) is 40.9 Å². The molecule has 0 aliphatic rings. The Bertz CT molecular complexity index is 914. The second-order valence-electron chi connectivity index (χ2n) is 3.81. The normalized spacial score (nSPS) is 11.8. The predicted molar refractivity (Wildman–Crippen MR) is 63.0 cm³/mol. The summed E-state index contributed by atoms with van der Waals surface area (Å²) in [7, 11) is 0. The standard InChI is InChI=1S/C11H7N5O/c17-10-8-9(13-5-12-8)16-7-4-2-1-3-6(7)14-11(16)15-10/h1-5H,(H,12,13)(H,14,15,17). The lowest BCUT2D eigenvalue weighted by Gasteiger charge is -1.95. The summed E-state index contributed by atoms with van der Waals surface area (Å²) < 4.78 is 1.84. The Hall–Kier alpha value is -2.63. The van der Waals surface area contributed by atoms with E-state index in [2.05, 4.69) is 19.9 Å². The van der Waals surface area contributed by atoms with Gasteiger partial charge in [-0.05, 0) is 12.1 Å². The molecule has 0 radical (unpaired) electrons. The first kappa shape index (κ1) is 8.51. The molecule has 4 rings (SSSR count). The number of H-pyrrole nitrogens is 2. The van der Waals surface area contributed by atoms with E-state index in [0.717, 1.165) is 11.0 Å². The Kier molecular flexibility index (Phi) is 1.37. The lowest BCUT2D eigenvalue weighted by Crippen LogP contribution is -2.09. The van der Waals surface area contributed by atoms with Crippen molar-refractivity contribution in [3.63, 3.8) is 0 Å². The van der Waals surface area contributed by atoms with Gasteiger partial charge in [-0.2, -0.15) is 0 Å². The molecule has 0 amide bonds. The number of aromatic amines is 2. The van der Waals surface area contributed by atoms with Gasteiger partial charge in [-0.3, -0.25) is 14.2 Å². The Morgan fingerprint density at radius 1 is 1.24 bits per heavy atom. The Labute approximate surface area is 93.9 Å². The molecule has 0 aliphatic carbocycles. The molecular weight excluding hydrogens is 218 g/mol. The molecule has 0 aliphatic heterocycles. The van der Waals surface area contributed by atoms with E-state index >= 15 is 0 Å². The van der Waals surface area contributed by atoms with Crippen molar-refractivity contribution in [3.8, 4) is 0 Å². The monoisotopic (exact) mass is 225 g/mol. The third-order valence-corrected chi connectivity index (χ3v) is 2.84. The molecule has 4 aromatic rings. The topological polar surface area (TPSA) is 78.8 Å². The van der Waals surface area contributed by atoms with E-state index in [-0.39, 0.29) is 5.56 Å². The van der Waals surface area contributed by atoms with Crippen LogP contribution in [0.25, 0.3) is 28.0 Å². The van der Waals surface area contributed by atoms with Gasteiger partial charge in [0.15, 0.2) is 5.65 Å². The highest BCUT2D eigenvalue weighted by atomic mass is 16.1. The van der Waals surface area contributed by atoms with Crippen LogP contribution < -0.4 is 5.56 Å². The number of para-hydroxylation sites is 2. The van der Waals surface area contributed by atoms with E-state index in [4.69, 9.17) is 0 Å². The van der Waals surface area contributed by atoms with Gasteiger partial charge in [-0.15, -0.1) is 0 Å². The third-order valence-electron chi connectivity index (χ3n) is 2.84. The average molecular weight is 225 g/mol. The van der Waals surface area contributed by atoms with Gasteiger partial charge in [-0.25, -0.2) is 9.97 Å². The first-order valence-corrected chi connectivity index (χ1v) is 5.17. The molecule has 0 atom stereocenters. The fraction of sp³-hybridized carbons (Fsp3) is 0. The van der Waals surface area contributed by atoms with Gasteiger partial charge in [0.25, 0.3) is 5.56 Å². The third kappa shape index (κ3) is 0.963. The molecule has 0 bridgehead atoms. The summed E-state index contributed by atoms with van der Waals surface area (Å²) in [4.78, 5) is 25.9. The first-order valence-electron chi connectivity index (χ1n) is 5.17. The lowest BCUT2D eigenvalue weighted by atomic mass is 10.3. The molecule has 3 heterocycles. The van der Waals surface area contributed by atoms with Crippen LogP contribution >= 0.6 is 0 Å². The molecule has 0 spiro atoms. The van der Waals surface area contributed by atoms with Crippen molar-refractivity contribution < 1.29 is 0 Å².